The first-order chi connectivity index (χ1) is 7.73. The van der Waals surface area contributed by atoms with Crippen molar-refractivity contribution in [1.29, 1.82) is 0 Å². The molecule has 0 aromatic heterocycles. The molecule has 3 heteroatoms. The van der Waals surface area contributed by atoms with Gasteiger partial charge in [0.2, 0.25) is 0 Å². The van der Waals surface area contributed by atoms with Gasteiger partial charge in [-0.15, -0.1) is 0 Å². The van der Waals surface area contributed by atoms with Gasteiger partial charge in [-0.1, -0.05) is 25.1 Å². The molecule has 1 aliphatic heterocycles. The van der Waals surface area contributed by atoms with Crippen LogP contribution in [0.3, 0.4) is 0 Å². The molecular formula is C13H19NO2. The maximum absolute atomic E-state index is 5.86. The summed E-state index contributed by atoms with van der Waals surface area (Å²) in [6.45, 7) is 5.15. The van der Waals surface area contributed by atoms with E-state index in [1.165, 1.54) is 5.56 Å². The van der Waals surface area contributed by atoms with Crippen molar-refractivity contribution in [2.75, 3.05) is 26.4 Å². The molecule has 1 saturated heterocycles. The number of rotatable bonds is 5. The summed E-state index contributed by atoms with van der Waals surface area (Å²) in [5.41, 5.74) is 6.95. The monoisotopic (exact) mass is 221 g/mol. The summed E-state index contributed by atoms with van der Waals surface area (Å²) in [5.74, 6) is 0.959. The van der Waals surface area contributed by atoms with Crippen LogP contribution in [0.2, 0.25) is 0 Å². The van der Waals surface area contributed by atoms with Gasteiger partial charge in [0.1, 0.15) is 5.75 Å². The Bertz CT molecular complexity index is 348. The molecule has 0 spiro atoms. The molecule has 2 N–H and O–H groups in total. The molecule has 1 aromatic rings. The molecule has 0 radical (unpaired) electrons. The van der Waals surface area contributed by atoms with Crippen LogP contribution in [-0.2, 0) is 11.2 Å². The normalized spacial score (nSPS) is 17.9. The Morgan fingerprint density at radius 3 is 2.75 bits per heavy atom. The molecule has 3 nitrogen and oxygen atoms in total. The number of hydrogen-bond acceptors (Lipinski definition) is 3. The Morgan fingerprint density at radius 2 is 2.12 bits per heavy atom. The fourth-order valence-corrected chi connectivity index (χ4v) is 1.79. The summed E-state index contributed by atoms with van der Waals surface area (Å²) in [4.78, 5) is 0. The van der Waals surface area contributed by atoms with E-state index in [4.69, 9.17) is 15.2 Å². The third kappa shape index (κ3) is 2.54. The van der Waals surface area contributed by atoms with Gasteiger partial charge in [-0.3, -0.25) is 0 Å². The summed E-state index contributed by atoms with van der Waals surface area (Å²) in [5, 5.41) is 0. The quantitative estimate of drug-likeness (QED) is 0.821. The molecule has 0 saturated carbocycles. The van der Waals surface area contributed by atoms with E-state index in [1.54, 1.807) is 0 Å². The van der Waals surface area contributed by atoms with Gasteiger partial charge in [-0.05, 0) is 24.6 Å². The Labute approximate surface area is 96.5 Å². The predicted octanol–water partition coefficient (Wildman–Crippen LogP) is 1.60. The molecule has 0 unspecified atom stereocenters. The highest BCUT2D eigenvalue weighted by molar-refractivity contribution is 5.33. The zero-order chi connectivity index (χ0) is 11.4. The zero-order valence-corrected chi connectivity index (χ0v) is 9.74. The largest absolute Gasteiger partial charge is 0.493 e. The van der Waals surface area contributed by atoms with E-state index >= 15 is 0 Å². The van der Waals surface area contributed by atoms with E-state index in [1.807, 2.05) is 18.2 Å². The van der Waals surface area contributed by atoms with Crippen molar-refractivity contribution in [2.45, 2.75) is 13.3 Å². The first-order valence-corrected chi connectivity index (χ1v) is 5.72. The van der Waals surface area contributed by atoms with Crippen molar-refractivity contribution in [2.24, 2.45) is 11.1 Å². The van der Waals surface area contributed by atoms with E-state index in [2.05, 4.69) is 13.0 Å². The lowest BCUT2D eigenvalue weighted by Gasteiger charge is -2.37. The molecular weight excluding hydrogens is 202 g/mol. The molecule has 1 heterocycles. The van der Waals surface area contributed by atoms with Crippen molar-refractivity contribution in [3.8, 4) is 5.75 Å². The van der Waals surface area contributed by atoms with Crippen molar-refractivity contribution < 1.29 is 9.47 Å². The highest BCUT2D eigenvalue weighted by Crippen LogP contribution is 2.28. The van der Waals surface area contributed by atoms with E-state index < -0.39 is 0 Å². The molecule has 16 heavy (non-hydrogen) atoms. The van der Waals surface area contributed by atoms with Gasteiger partial charge >= 0.3 is 0 Å². The van der Waals surface area contributed by atoms with Crippen LogP contribution in [0.15, 0.2) is 24.3 Å². The second-order valence-electron chi connectivity index (χ2n) is 4.74. The second kappa shape index (κ2) is 4.85. The van der Waals surface area contributed by atoms with Gasteiger partial charge in [0.05, 0.1) is 19.8 Å². The highest BCUT2D eigenvalue weighted by atomic mass is 16.5. The second-order valence-corrected chi connectivity index (χ2v) is 4.74. The summed E-state index contributed by atoms with van der Waals surface area (Å²) in [7, 11) is 0. The summed E-state index contributed by atoms with van der Waals surface area (Å²) in [6.07, 6.45) is 0.864. The van der Waals surface area contributed by atoms with Gasteiger partial charge in [-0.2, -0.15) is 0 Å². The molecule has 0 amide bonds. The standard InChI is InChI=1S/C13H19NO2/c1-13(8-15-9-13)10-16-12-5-3-2-4-11(12)6-7-14/h2-5H,6-10,14H2,1H3. The molecule has 1 aromatic carbocycles. The van der Waals surface area contributed by atoms with Gasteiger partial charge in [0.25, 0.3) is 0 Å². The minimum atomic E-state index is 0.190. The Kier molecular flexibility index (Phi) is 3.46. The van der Waals surface area contributed by atoms with Crippen LogP contribution in [0.25, 0.3) is 0 Å². The van der Waals surface area contributed by atoms with Crippen LogP contribution in [0.5, 0.6) is 5.75 Å². The SMILES string of the molecule is CC1(COc2ccccc2CCN)COC1. The lowest BCUT2D eigenvalue weighted by Crippen LogP contribution is -2.44. The maximum atomic E-state index is 5.86. The van der Waals surface area contributed by atoms with Crippen LogP contribution >= 0.6 is 0 Å². The molecule has 0 atom stereocenters. The first kappa shape index (κ1) is 11.4. The van der Waals surface area contributed by atoms with Crippen LogP contribution in [-0.4, -0.2) is 26.4 Å². The van der Waals surface area contributed by atoms with Crippen molar-refractivity contribution in [1.82, 2.24) is 0 Å². The molecule has 1 fully saturated rings. The Balaban J connectivity index is 1.97. The lowest BCUT2D eigenvalue weighted by molar-refractivity contribution is -0.120. The molecule has 2 rings (SSSR count). The minimum Gasteiger partial charge on any atom is -0.493 e. The minimum absolute atomic E-state index is 0.190. The smallest absolute Gasteiger partial charge is 0.122 e. The number of ether oxygens (including phenoxy) is 2. The van der Waals surface area contributed by atoms with E-state index in [0.29, 0.717) is 13.2 Å². The van der Waals surface area contributed by atoms with E-state index in [-0.39, 0.29) is 5.41 Å². The van der Waals surface area contributed by atoms with Gasteiger partial charge in [0, 0.05) is 5.41 Å². The van der Waals surface area contributed by atoms with Crippen molar-refractivity contribution >= 4 is 0 Å². The summed E-state index contributed by atoms with van der Waals surface area (Å²) < 4.78 is 11.1. The van der Waals surface area contributed by atoms with Crippen LogP contribution in [0.4, 0.5) is 0 Å². The molecule has 0 aliphatic carbocycles. The van der Waals surface area contributed by atoms with Crippen LogP contribution < -0.4 is 10.5 Å². The van der Waals surface area contributed by atoms with E-state index in [9.17, 15) is 0 Å². The highest BCUT2D eigenvalue weighted by Gasteiger charge is 2.34. The molecule has 1 aliphatic rings. The summed E-state index contributed by atoms with van der Waals surface area (Å²) in [6, 6.07) is 8.09. The Hall–Kier alpha value is -1.06. The molecule has 88 valence electrons. The maximum Gasteiger partial charge on any atom is 0.122 e. The molecule has 0 bridgehead atoms. The summed E-state index contributed by atoms with van der Waals surface area (Å²) >= 11 is 0. The number of benzene rings is 1. The topological polar surface area (TPSA) is 44.5 Å². The number of nitrogens with two attached hydrogens (primary N) is 1. The zero-order valence-electron chi connectivity index (χ0n) is 9.74. The fourth-order valence-electron chi connectivity index (χ4n) is 1.79. The van der Waals surface area contributed by atoms with Crippen LogP contribution in [0.1, 0.15) is 12.5 Å². The van der Waals surface area contributed by atoms with E-state index in [0.717, 1.165) is 25.4 Å². The average Bonchev–Trinajstić information content (AvgIpc) is 2.26. The average molecular weight is 221 g/mol. The van der Waals surface area contributed by atoms with Crippen molar-refractivity contribution in [3.63, 3.8) is 0 Å². The predicted molar refractivity (Wildman–Crippen MR) is 63.6 cm³/mol. The number of hydrogen-bond donors (Lipinski definition) is 1. The van der Waals surface area contributed by atoms with Crippen LogP contribution in [0, 0.1) is 5.41 Å². The van der Waals surface area contributed by atoms with Gasteiger partial charge in [0.15, 0.2) is 0 Å². The first-order valence-electron chi connectivity index (χ1n) is 5.72. The van der Waals surface area contributed by atoms with Gasteiger partial charge < -0.3 is 15.2 Å². The number of para-hydroxylation sites is 1. The van der Waals surface area contributed by atoms with Gasteiger partial charge in [-0.25, -0.2) is 0 Å². The fraction of sp³-hybridized carbons (Fsp3) is 0.538. The third-order valence-corrected chi connectivity index (χ3v) is 2.86. The van der Waals surface area contributed by atoms with Crippen molar-refractivity contribution in [3.05, 3.63) is 29.8 Å². The third-order valence-electron chi connectivity index (χ3n) is 2.86. The Morgan fingerprint density at radius 1 is 1.38 bits per heavy atom. The lowest BCUT2D eigenvalue weighted by atomic mass is 9.90.